The summed E-state index contributed by atoms with van der Waals surface area (Å²) in [6, 6.07) is -0.773. The van der Waals surface area contributed by atoms with E-state index in [0.29, 0.717) is 6.42 Å². The minimum atomic E-state index is -1.10. The Kier molecular flexibility index (Phi) is 5.62. The summed E-state index contributed by atoms with van der Waals surface area (Å²) in [5.41, 5.74) is -1.10. The van der Waals surface area contributed by atoms with Crippen LogP contribution in [0.5, 0.6) is 0 Å². The van der Waals surface area contributed by atoms with Crippen LogP contribution >= 0.6 is 11.8 Å². The second kappa shape index (κ2) is 7.20. The Hall–Kier alpha value is -0.420. The van der Waals surface area contributed by atoms with E-state index < -0.39 is 35.4 Å². The van der Waals surface area contributed by atoms with Crippen LogP contribution in [0.1, 0.15) is 34.1 Å². The van der Waals surface area contributed by atoms with Gasteiger partial charge >= 0.3 is 5.97 Å². The van der Waals surface area contributed by atoms with Crippen molar-refractivity contribution in [3.05, 3.63) is 0 Å². The van der Waals surface area contributed by atoms with Gasteiger partial charge in [-0.2, -0.15) is 11.8 Å². The zero-order valence-corrected chi connectivity index (χ0v) is 16.8. The Balaban J connectivity index is 1.86. The number of fused-ring (bicyclic) bond motifs is 3. The standard InChI is InChI=1S/C17H29NO7S/c1-15(2)22-9-17(18-10(14(19)20)6-7-26-5)13(25-15)12-11(8-21-17)23-16(3,4)24-12/h10-13,18H,6-9H2,1-5H3,(H,19,20)/t10-,11+,12+,13-,17+/m0/s1. The summed E-state index contributed by atoms with van der Waals surface area (Å²) in [7, 11) is 0. The third kappa shape index (κ3) is 4.04. The average molecular weight is 391 g/mol. The molecule has 150 valence electrons. The first-order valence-electron chi connectivity index (χ1n) is 8.88. The molecule has 9 heteroatoms. The van der Waals surface area contributed by atoms with E-state index in [1.807, 2.05) is 34.0 Å². The largest absolute Gasteiger partial charge is 0.480 e. The van der Waals surface area contributed by atoms with Gasteiger partial charge in [-0.25, -0.2) is 0 Å². The lowest BCUT2D eigenvalue weighted by Crippen LogP contribution is -2.75. The highest BCUT2D eigenvalue weighted by atomic mass is 32.2. The molecule has 0 aliphatic carbocycles. The van der Waals surface area contributed by atoms with Crippen molar-refractivity contribution >= 4 is 17.7 Å². The van der Waals surface area contributed by atoms with Gasteiger partial charge in [-0.1, -0.05) is 0 Å². The molecule has 3 saturated heterocycles. The van der Waals surface area contributed by atoms with Crippen LogP contribution in [0.25, 0.3) is 0 Å². The summed E-state index contributed by atoms with van der Waals surface area (Å²) in [4.78, 5) is 11.7. The lowest BCUT2D eigenvalue weighted by Gasteiger charge is -2.54. The minimum Gasteiger partial charge on any atom is -0.480 e. The molecule has 8 nitrogen and oxygen atoms in total. The molecule has 0 saturated carbocycles. The zero-order valence-electron chi connectivity index (χ0n) is 15.9. The maximum atomic E-state index is 11.7. The van der Waals surface area contributed by atoms with E-state index in [0.717, 1.165) is 5.75 Å². The Morgan fingerprint density at radius 2 is 1.92 bits per heavy atom. The molecular formula is C17H29NO7S. The van der Waals surface area contributed by atoms with Crippen molar-refractivity contribution < 1.29 is 33.6 Å². The molecule has 0 radical (unpaired) electrons. The summed E-state index contributed by atoms with van der Waals surface area (Å²) < 4.78 is 30.1. The van der Waals surface area contributed by atoms with Gasteiger partial charge in [0.25, 0.3) is 0 Å². The molecule has 3 heterocycles. The van der Waals surface area contributed by atoms with Gasteiger partial charge < -0.3 is 28.8 Å². The predicted octanol–water partition coefficient (Wildman–Crippen LogP) is 1.18. The molecule has 3 rings (SSSR count). The number of hydrogen-bond acceptors (Lipinski definition) is 8. The Morgan fingerprint density at radius 3 is 2.58 bits per heavy atom. The molecule has 3 aliphatic heterocycles. The quantitative estimate of drug-likeness (QED) is 0.692. The number of carboxylic acid groups (broad SMARTS) is 1. The SMILES string of the molecule is CSCC[C@H](N[C@@]12COC(C)(C)O[C@H]1[C@@H]1OC(C)(C)O[C@@H]1CO2)C(=O)O. The summed E-state index contributed by atoms with van der Waals surface area (Å²) >= 11 is 1.60. The second-order valence-corrected chi connectivity index (χ2v) is 8.87. The first kappa shape index (κ1) is 20.3. The summed E-state index contributed by atoms with van der Waals surface area (Å²) in [6.07, 6.45) is 1.22. The van der Waals surface area contributed by atoms with Gasteiger partial charge in [0.05, 0.1) is 13.2 Å². The number of hydrogen-bond donors (Lipinski definition) is 2. The molecule has 0 aromatic carbocycles. The van der Waals surface area contributed by atoms with Gasteiger partial charge in [-0.15, -0.1) is 0 Å². The highest BCUT2D eigenvalue weighted by Crippen LogP contribution is 2.43. The number of ether oxygens (including phenoxy) is 5. The van der Waals surface area contributed by atoms with Crippen molar-refractivity contribution in [2.45, 2.75) is 75.8 Å². The normalized spacial score (nSPS) is 39.0. The number of aliphatic carboxylic acids is 1. The van der Waals surface area contributed by atoms with Crippen LogP contribution in [0.4, 0.5) is 0 Å². The lowest BCUT2D eigenvalue weighted by atomic mass is 9.92. The van der Waals surface area contributed by atoms with Gasteiger partial charge in [-0.05, 0) is 46.1 Å². The molecule has 5 atom stereocenters. The van der Waals surface area contributed by atoms with E-state index in [1.165, 1.54) is 0 Å². The fraction of sp³-hybridized carbons (Fsp3) is 0.941. The summed E-state index contributed by atoms with van der Waals surface area (Å²) in [6.45, 7) is 7.79. The van der Waals surface area contributed by atoms with Crippen LogP contribution in [-0.2, 0) is 28.5 Å². The molecule has 2 N–H and O–H groups in total. The lowest BCUT2D eigenvalue weighted by molar-refractivity contribution is -0.379. The van der Waals surface area contributed by atoms with Crippen LogP contribution in [-0.4, -0.2) is 78.0 Å². The molecule has 0 bridgehead atoms. The Labute approximate surface area is 158 Å². The highest BCUT2D eigenvalue weighted by molar-refractivity contribution is 7.98. The summed E-state index contributed by atoms with van der Waals surface area (Å²) in [5, 5.41) is 12.8. The van der Waals surface area contributed by atoms with Gasteiger partial charge in [-0.3, -0.25) is 10.1 Å². The van der Waals surface area contributed by atoms with Crippen LogP contribution in [0, 0.1) is 0 Å². The van der Waals surface area contributed by atoms with E-state index in [4.69, 9.17) is 23.7 Å². The van der Waals surface area contributed by atoms with E-state index in [2.05, 4.69) is 5.32 Å². The van der Waals surface area contributed by atoms with Crippen molar-refractivity contribution in [2.24, 2.45) is 0 Å². The van der Waals surface area contributed by atoms with Crippen molar-refractivity contribution in [2.75, 3.05) is 25.2 Å². The van der Waals surface area contributed by atoms with Crippen molar-refractivity contribution in [1.82, 2.24) is 5.32 Å². The van der Waals surface area contributed by atoms with Crippen molar-refractivity contribution in [1.29, 1.82) is 0 Å². The minimum absolute atomic E-state index is 0.167. The molecule has 0 spiro atoms. The molecule has 26 heavy (non-hydrogen) atoms. The molecule has 3 aliphatic rings. The third-order valence-electron chi connectivity index (χ3n) is 4.86. The molecule has 0 aromatic heterocycles. The van der Waals surface area contributed by atoms with Crippen LogP contribution in [0.3, 0.4) is 0 Å². The zero-order chi connectivity index (χ0) is 19.2. The number of carbonyl (C=O) groups is 1. The molecule has 0 amide bonds. The van der Waals surface area contributed by atoms with Crippen LogP contribution in [0.15, 0.2) is 0 Å². The number of nitrogens with one attached hydrogen (secondary N) is 1. The molecule has 0 unspecified atom stereocenters. The van der Waals surface area contributed by atoms with Gasteiger partial charge in [0, 0.05) is 0 Å². The first-order chi connectivity index (χ1) is 12.1. The number of rotatable bonds is 6. The molecule has 0 aromatic rings. The predicted molar refractivity (Wildman–Crippen MR) is 95.0 cm³/mol. The maximum absolute atomic E-state index is 11.7. The molecular weight excluding hydrogens is 362 g/mol. The third-order valence-corrected chi connectivity index (χ3v) is 5.50. The number of thioether (sulfide) groups is 1. The molecule has 3 fully saturated rings. The van der Waals surface area contributed by atoms with Gasteiger partial charge in [0.2, 0.25) is 0 Å². The van der Waals surface area contributed by atoms with E-state index in [9.17, 15) is 9.90 Å². The fourth-order valence-corrected chi connectivity index (χ4v) is 4.16. The van der Waals surface area contributed by atoms with Crippen molar-refractivity contribution in [3.8, 4) is 0 Å². The second-order valence-electron chi connectivity index (χ2n) is 7.88. The van der Waals surface area contributed by atoms with E-state index in [-0.39, 0.29) is 25.4 Å². The number of carboxylic acids is 1. The average Bonchev–Trinajstić information content (AvgIpc) is 2.86. The Bertz CT molecular complexity index is 543. The fourth-order valence-electron chi connectivity index (χ4n) is 3.69. The smallest absolute Gasteiger partial charge is 0.320 e. The van der Waals surface area contributed by atoms with Crippen molar-refractivity contribution in [3.63, 3.8) is 0 Å². The summed E-state index contributed by atoms with van der Waals surface area (Å²) in [5.74, 6) is -1.77. The van der Waals surface area contributed by atoms with Crippen LogP contribution < -0.4 is 5.32 Å². The first-order valence-corrected chi connectivity index (χ1v) is 10.3. The van der Waals surface area contributed by atoms with Gasteiger partial charge in [0.1, 0.15) is 24.4 Å². The topological polar surface area (TPSA) is 95.5 Å². The maximum Gasteiger partial charge on any atom is 0.320 e. The monoisotopic (exact) mass is 391 g/mol. The van der Waals surface area contributed by atoms with Crippen LogP contribution in [0.2, 0.25) is 0 Å². The highest BCUT2D eigenvalue weighted by Gasteiger charge is 2.62. The van der Waals surface area contributed by atoms with E-state index >= 15 is 0 Å². The van der Waals surface area contributed by atoms with E-state index in [1.54, 1.807) is 11.8 Å². The van der Waals surface area contributed by atoms with Gasteiger partial charge in [0.15, 0.2) is 17.3 Å². The Morgan fingerprint density at radius 1 is 1.19 bits per heavy atom.